The summed E-state index contributed by atoms with van der Waals surface area (Å²) in [7, 11) is 0. The minimum absolute atomic E-state index is 0.197. The summed E-state index contributed by atoms with van der Waals surface area (Å²) in [6.45, 7) is 3.74. The standard InChI is InChI=1S/C12H22N2O2/c15-12(4-3-10-5-6-13-8-10)14-11-2-1-7-16-9-11/h10-11,13H,1-9H2,(H,14,15). The van der Waals surface area contributed by atoms with E-state index in [1.807, 2.05) is 0 Å². The normalized spacial score (nSPS) is 30.2. The highest BCUT2D eigenvalue weighted by Gasteiger charge is 2.18. The highest BCUT2D eigenvalue weighted by molar-refractivity contribution is 5.76. The van der Waals surface area contributed by atoms with Crippen molar-refractivity contribution in [2.75, 3.05) is 26.3 Å². The number of hydrogen-bond acceptors (Lipinski definition) is 3. The Bertz CT molecular complexity index is 221. The first-order chi connectivity index (χ1) is 7.84. The van der Waals surface area contributed by atoms with E-state index in [2.05, 4.69) is 10.6 Å². The van der Waals surface area contributed by atoms with Crippen molar-refractivity contribution in [2.45, 2.75) is 38.1 Å². The van der Waals surface area contributed by atoms with Crippen LogP contribution in [0.1, 0.15) is 32.1 Å². The first-order valence-corrected chi connectivity index (χ1v) is 6.42. The number of rotatable bonds is 4. The molecule has 2 saturated heterocycles. The molecule has 4 nitrogen and oxygen atoms in total. The quantitative estimate of drug-likeness (QED) is 0.741. The lowest BCUT2D eigenvalue weighted by atomic mass is 10.0. The van der Waals surface area contributed by atoms with Gasteiger partial charge in [0.1, 0.15) is 0 Å². The van der Waals surface area contributed by atoms with Crippen LogP contribution in [0.3, 0.4) is 0 Å². The van der Waals surface area contributed by atoms with Crippen molar-refractivity contribution in [1.29, 1.82) is 0 Å². The van der Waals surface area contributed by atoms with Crippen LogP contribution in [0.2, 0.25) is 0 Å². The second-order valence-electron chi connectivity index (χ2n) is 4.88. The molecule has 1 amide bonds. The van der Waals surface area contributed by atoms with E-state index in [-0.39, 0.29) is 11.9 Å². The monoisotopic (exact) mass is 226 g/mol. The van der Waals surface area contributed by atoms with E-state index < -0.39 is 0 Å². The first kappa shape index (κ1) is 11.9. The number of ether oxygens (including phenoxy) is 1. The van der Waals surface area contributed by atoms with Crippen LogP contribution in [-0.4, -0.2) is 38.3 Å². The molecule has 16 heavy (non-hydrogen) atoms. The average Bonchev–Trinajstić information content (AvgIpc) is 2.81. The molecule has 0 radical (unpaired) electrons. The van der Waals surface area contributed by atoms with Gasteiger partial charge in [0.15, 0.2) is 0 Å². The number of nitrogens with one attached hydrogen (secondary N) is 2. The number of carbonyl (C=O) groups excluding carboxylic acids is 1. The fourth-order valence-electron chi connectivity index (χ4n) is 2.45. The van der Waals surface area contributed by atoms with Gasteiger partial charge in [-0.25, -0.2) is 0 Å². The smallest absolute Gasteiger partial charge is 0.220 e. The van der Waals surface area contributed by atoms with Crippen LogP contribution < -0.4 is 10.6 Å². The van der Waals surface area contributed by atoms with Crippen LogP contribution in [0.15, 0.2) is 0 Å². The predicted octanol–water partition coefficient (Wildman–Crippen LogP) is 0.671. The van der Waals surface area contributed by atoms with E-state index in [1.54, 1.807) is 0 Å². The molecule has 0 aromatic rings. The average molecular weight is 226 g/mol. The Kier molecular flexibility index (Phi) is 4.60. The summed E-state index contributed by atoms with van der Waals surface area (Å²) in [5.41, 5.74) is 0. The molecule has 4 heteroatoms. The molecule has 2 fully saturated rings. The Morgan fingerprint density at radius 3 is 3.06 bits per heavy atom. The SMILES string of the molecule is O=C(CCC1CCNC1)NC1CCCOC1. The molecule has 0 bridgehead atoms. The molecule has 0 aliphatic carbocycles. The molecule has 2 aliphatic rings. The van der Waals surface area contributed by atoms with E-state index >= 15 is 0 Å². The van der Waals surface area contributed by atoms with Crippen molar-refractivity contribution < 1.29 is 9.53 Å². The van der Waals surface area contributed by atoms with Gasteiger partial charge in [-0.05, 0) is 44.7 Å². The Balaban J connectivity index is 1.59. The second kappa shape index (κ2) is 6.21. The molecule has 92 valence electrons. The van der Waals surface area contributed by atoms with Gasteiger partial charge in [0, 0.05) is 13.0 Å². The van der Waals surface area contributed by atoms with Crippen LogP contribution in [-0.2, 0) is 9.53 Å². The van der Waals surface area contributed by atoms with Gasteiger partial charge in [0.2, 0.25) is 5.91 Å². The fraction of sp³-hybridized carbons (Fsp3) is 0.917. The van der Waals surface area contributed by atoms with Crippen LogP contribution in [0.4, 0.5) is 0 Å². The predicted molar refractivity (Wildman–Crippen MR) is 62.2 cm³/mol. The van der Waals surface area contributed by atoms with Crippen molar-refractivity contribution in [3.63, 3.8) is 0 Å². The maximum atomic E-state index is 11.7. The van der Waals surface area contributed by atoms with Gasteiger partial charge in [0.25, 0.3) is 0 Å². The third-order valence-electron chi connectivity index (χ3n) is 3.47. The van der Waals surface area contributed by atoms with E-state index in [0.717, 1.165) is 39.0 Å². The molecular weight excluding hydrogens is 204 g/mol. The lowest BCUT2D eigenvalue weighted by Gasteiger charge is -2.23. The van der Waals surface area contributed by atoms with Crippen molar-refractivity contribution in [2.24, 2.45) is 5.92 Å². The highest BCUT2D eigenvalue weighted by Crippen LogP contribution is 2.14. The van der Waals surface area contributed by atoms with Gasteiger partial charge in [0.05, 0.1) is 12.6 Å². The fourth-order valence-corrected chi connectivity index (χ4v) is 2.45. The van der Waals surface area contributed by atoms with Gasteiger partial charge in [-0.1, -0.05) is 0 Å². The third-order valence-corrected chi connectivity index (χ3v) is 3.47. The summed E-state index contributed by atoms with van der Waals surface area (Å²) in [5.74, 6) is 0.899. The van der Waals surface area contributed by atoms with E-state index in [0.29, 0.717) is 18.9 Å². The van der Waals surface area contributed by atoms with Crippen LogP contribution in [0.5, 0.6) is 0 Å². The van der Waals surface area contributed by atoms with Crippen LogP contribution in [0.25, 0.3) is 0 Å². The van der Waals surface area contributed by atoms with E-state index in [4.69, 9.17) is 4.74 Å². The minimum Gasteiger partial charge on any atom is -0.379 e. The highest BCUT2D eigenvalue weighted by atomic mass is 16.5. The van der Waals surface area contributed by atoms with Crippen LogP contribution >= 0.6 is 0 Å². The van der Waals surface area contributed by atoms with Gasteiger partial charge in [-0.2, -0.15) is 0 Å². The summed E-state index contributed by atoms with van der Waals surface area (Å²) in [6, 6.07) is 0.253. The molecule has 0 aromatic heterocycles. The summed E-state index contributed by atoms with van der Waals surface area (Å²) < 4.78 is 5.34. The summed E-state index contributed by atoms with van der Waals surface area (Å²) in [5, 5.41) is 6.38. The lowest BCUT2D eigenvalue weighted by Crippen LogP contribution is -2.40. The zero-order chi connectivity index (χ0) is 11.2. The molecule has 2 aliphatic heterocycles. The van der Waals surface area contributed by atoms with E-state index in [1.165, 1.54) is 6.42 Å². The maximum Gasteiger partial charge on any atom is 0.220 e. The van der Waals surface area contributed by atoms with E-state index in [9.17, 15) is 4.79 Å². The largest absolute Gasteiger partial charge is 0.379 e. The summed E-state index contributed by atoms with van der Waals surface area (Å²) in [4.78, 5) is 11.7. The number of carbonyl (C=O) groups is 1. The molecule has 0 aromatic carbocycles. The Labute approximate surface area is 97.1 Å². The zero-order valence-electron chi connectivity index (χ0n) is 9.84. The van der Waals surface area contributed by atoms with Crippen molar-refractivity contribution in [1.82, 2.24) is 10.6 Å². The molecule has 2 heterocycles. The molecule has 0 spiro atoms. The lowest BCUT2D eigenvalue weighted by molar-refractivity contribution is -0.123. The Morgan fingerprint density at radius 1 is 1.44 bits per heavy atom. The molecule has 2 rings (SSSR count). The van der Waals surface area contributed by atoms with Gasteiger partial charge in [-0.15, -0.1) is 0 Å². The second-order valence-corrected chi connectivity index (χ2v) is 4.88. The van der Waals surface area contributed by atoms with Gasteiger partial charge >= 0.3 is 0 Å². The maximum absolute atomic E-state index is 11.7. The molecule has 2 unspecified atom stereocenters. The molecule has 0 saturated carbocycles. The number of amides is 1. The Morgan fingerprint density at radius 2 is 2.38 bits per heavy atom. The van der Waals surface area contributed by atoms with Gasteiger partial charge in [-0.3, -0.25) is 4.79 Å². The van der Waals surface area contributed by atoms with Crippen molar-refractivity contribution >= 4 is 5.91 Å². The van der Waals surface area contributed by atoms with Gasteiger partial charge < -0.3 is 15.4 Å². The van der Waals surface area contributed by atoms with Crippen molar-refractivity contribution in [3.05, 3.63) is 0 Å². The number of hydrogen-bond donors (Lipinski definition) is 2. The molecule has 2 atom stereocenters. The molecular formula is C12H22N2O2. The topological polar surface area (TPSA) is 50.4 Å². The molecule has 2 N–H and O–H groups in total. The third kappa shape index (κ3) is 3.76. The van der Waals surface area contributed by atoms with Crippen LogP contribution in [0, 0.1) is 5.92 Å². The first-order valence-electron chi connectivity index (χ1n) is 6.42. The zero-order valence-corrected chi connectivity index (χ0v) is 9.84. The Hall–Kier alpha value is -0.610. The summed E-state index contributed by atoms with van der Waals surface area (Å²) >= 11 is 0. The summed E-state index contributed by atoms with van der Waals surface area (Å²) in [6.07, 6.45) is 5.04. The minimum atomic E-state index is 0.197. The van der Waals surface area contributed by atoms with Crippen molar-refractivity contribution in [3.8, 4) is 0 Å².